The van der Waals surface area contributed by atoms with E-state index in [2.05, 4.69) is 26.6 Å². The number of aromatic amines is 1. The number of likely N-dealkylation sites (tertiary alicyclic amines) is 1. The number of nitrogens with one attached hydrogen (secondary N) is 3. The van der Waals surface area contributed by atoms with Gasteiger partial charge in [0, 0.05) is 30.2 Å². The molecule has 0 spiro atoms. The molecular weight excluding hydrogens is 330 g/mol. The van der Waals surface area contributed by atoms with Crippen LogP contribution in [0.5, 0.6) is 5.75 Å². The first-order valence-electron chi connectivity index (χ1n) is 8.94. The molecule has 3 rings (SSSR count). The number of methoxy groups -OCH3 is 1. The Kier molecular flexibility index (Phi) is 5.68. The highest BCUT2D eigenvalue weighted by molar-refractivity contribution is 5.99. The summed E-state index contributed by atoms with van der Waals surface area (Å²) in [6.07, 6.45) is 2.59. The highest BCUT2D eigenvalue weighted by Gasteiger charge is 2.18. The number of anilines is 1. The van der Waals surface area contributed by atoms with E-state index in [9.17, 15) is 4.79 Å². The van der Waals surface area contributed by atoms with Crippen molar-refractivity contribution in [3.8, 4) is 5.75 Å². The summed E-state index contributed by atoms with van der Waals surface area (Å²) in [5, 5.41) is 4.36. The molecule has 0 aliphatic carbocycles. The van der Waals surface area contributed by atoms with Crippen molar-refractivity contribution < 1.29 is 9.64 Å². The van der Waals surface area contributed by atoms with Crippen molar-refractivity contribution in [2.45, 2.75) is 33.2 Å². The molecule has 1 saturated heterocycles. The van der Waals surface area contributed by atoms with Crippen molar-refractivity contribution in [2.75, 3.05) is 25.6 Å². The fraction of sp³-hybridized carbons (Fsp3) is 0.421. The van der Waals surface area contributed by atoms with Crippen molar-refractivity contribution in [1.82, 2.24) is 9.97 Å². The van der Waals surface area contributed by atoms with Gasteiger partial charge in [0.2, 0.25) is 5.95 Å². The standard InChI is InChI=1S/C19H25N5O2/c1-13-10-18(25)21-19(20-13)23-22-14(2)15-6-7-17(26-3)16(11-15)12-24-8-4-5-9-24/h6-7,10-11H,4-5,8-9,12H2,1-3H3,(H2,20,21,23,25)/p+1/b22-14-. The molecule has 1 aliphatic heterocycles. The molecule has 2 heterocycles. The normalized spacial score (nSPS) is 15.3. The number of hydrogen-bond donors (Lipinski definition) is 3. The Bertz CT molecular complexity index is 853. The molecule has 2 aromatic rings. The zero-order valence-electron chi connectivity index (χ0n) is 15.6. The molecule has 3 N–H and O–H groups in total. The number of hydrogen-bond acceptors (Lipinski definition) is 5. The zero-order valence-corrected chi connectivity index (χ0v) is 15.6. The van der Waals surface area contributed by atoms with Crippen LogP contribution in [0.2, 0.25) is 0 Å². The zero-order chi connectivity index (χ0) is 18.5. The Morgan fingerprint density at radius 2 is 2.12 bits per heavy atom. The van der Waals surface area contributed by atoms with Gasteiger partial charge >= 0.3 is 0 Å². The van der Waals surface area contributed by atoms with E-state index < -0.39 is 0 Å². The van der Waals surface area contributed by atoms with Crippen LogP contribution in [0.4, 0.5) is 5.95 Å². The van der Waals surface area contributed by atoms with E-state index in [1.165, 1.54) is 37.6 Å². The summed E-state index contributed by atoms with van der Waals surface area (Å²) in [6, 6.07) is 7.57. The molecule has 1 aromatic carbocycles. The van der Waals surface area contributed by atoms with Gasteiger partial charge in [0.1, 0.15) is 12.3 Å². The van der Waals surface area contributed by atoms with Crippen molar-refractivity contribution in [3.63, 3.8) is 0 Å². The van der Waals surface area contributed by atoms with E-state index >= 15 is 0 Å². The number of quaternary nitrogens is 1. The molecule has 0 saturated carbocycles. The summed E-state index contributed by atoms with van der Waals surface area (Å²) >= 11 is 0. The molecule has 0 amide bonds. The third kappa shape index (κ3) is 4.49. The van der Waals surface area contributed by atoms with Crippen LogP contribution in [0.25, 0.3) is 0 Å². The second-order valence-electron chi connectivity index (χ2n) is 6.70. The molecule has 7 heteroatoms. The minimum Gasteiger partial charge on any atom is -0.496 e. The Hall–Kier alpha value is -2.67. The minimum atomic E-state index is -0.201. The van der Waals surface area contributed by atoms with Crippen molar-refractivity contribution in [2.24, 2.45) is 5.10 Å². The van der Waals surface area contributed by atoms with E-state index in [0.717, 1.165) is 23.6 Å². The summed E-state index contributed by atoms with van der Waals surface area (Å²) in [5.74, 6) is 1.25. The number of rotatable bonds is 6. The number of aromatic nitrogens is 2. The lowest BCUT2D eigenvalue weighted by Gasteiger charge is -2.15. The van der Waals surface area contributed by atoms with Crippen LogP contribution in [-0.4, -0.2) is 35.9 Å². The van der Waals surface area contributed by atoms with Crippen molar-refractivity contribution in [3.05, 3.63) is 51.4 Å². The van der Waals surface area contributed by atoms with Gasteiger partial charge in [0.15, 0.2) is 0 Å². The van der Waals surface area contributed by atoms with Gasteiger partial charge in [-0.1, -0.05) is 0 Å². The van der Waals surface area contributed by atoms with Crippen LogP contribution >= 0.6 is 0 Å². The van der Waals surface area contributed by atoms with Gasteiger partial charge in [-0.05, 0) is 37.6 Å². The predicted molar refractivity (Wildman–Crippen MR) is 102 cm³/mol. The Labute approximate surface area is 153 Å². The van der Waals surface area contributed by atoms with E-state index in [0.29, 0.717) is 11.6 Å². The number of aryl methyl sites for hydroxylation is 1. The first-order chi connectivity index (χ1) is 12.5. The minimum absolute atomic E-state index is 0.201. The average Bonchev–Trinajstić information content (AvgIpc) is 3.12. The summed E-state index contributed by atoms with van der Waals surface area (Å²) in [4.78, 5) is 19.9. The second kappa shape index (κ2) is 8.14. The number of H-pyrrole nitrogens is 1. The predicted octanol–water partition coefficient (Wildman–Crippen LogP) is 1.10. The van der Waals surface area contributed by atoms with Gasteiger partial charge in [0.25, 0.3) is 5.56 Å². The van der Waals surface area contributed by atoms with Gasteiger partial charge in [-0.3, -0.25) is 9.78 Å². The van der Waals surface area contributed by atoms with Crippen LogP contribution < -0.4 is 20.6 Å². The molecular formula is C19H26N5O2+. The van der Waals surface area contributed by atoms with E-state index in [-0.39, 0.29) is 5.56 Å². The third-order valence-corrected chi connectivity index (χ3v) is 4.65. The summed E-state index contributed by atoms with van der Waals surface area (Å²) in [6.45, 7) is 7.09. The maximum Gasteiger partial charge on any atom is 0.252 e. The smallest absolute Gasteiger partial charge is 0.252 e. The number of nitrogens with zero attached hydrogens (tertiary/aromatic N) is 2. The molecule has 0 radical (unpaired) electrons. The lowest BCUT2D eigenvalue weighted by molar-refractivity contribution is -0.901. The first kappa shape index (κ1) is 18.1. The molecule has 0 atom stereocenters. The summed E-state index contributed by atoms with van der Waals surface area (Å²) < 4.78 is 5.53. The number of benzene rings is 1. The van der Waals surface area contributed by atoms with Gasteiger partial charge in [0.05, 0.1) is 25.9 Å². The summed E-state index contributed by atoms with van der Waals surface area (Å²) in [7, 11) is 1.71. The molecule has 7 nitrogen and oxygen atoms in total. The lowest BCUT2D eigenvalue weighted by atomic mass is 10.1. The summed E-state index contributed by atoms with van der Waals surface area (Å²) in [5.41, 5.74) is 6.30. The number of ether oxygens (including phenoxy) is 1. The van der Waals surface area contributed by atoms with E-state index in [1.807, 2.05) is 19.1 Å². The molecule has 26 heavy (non-hydrogen) atoms. The maximum atomic E-state index is 11.5. The Balaban J connectivity index is 1.79. The number of hydrazone groups is 1. The van der Waals surface area contributed by atoms with Crippen LogP contribution in [0, 0.1) is 6.92 Å². The second-order valence-corrected chi connectivity index (χ2v) is 6.70. The van der Waals surface area contributed by atoms with Gasteiger partial charge < -0.3 is 9.64 Å². The molecule has 0 unspecified atom stereocenters. The maximum absolute atomic E-state index is 11.5. The van der Waals surface area contributed by atoms with Crippen molar-refractivity contribution >= 4 is 11.7 Å². The Morgan fingerprint density at radius 3 is 2.81 bits per heavy atom. The quantitative estimate of drug-likeness (QED) is 0.535. The topological polar surface area (TPSA) is 83.8 Å². The van der Waals surface area contributed by atoms with Gasteiger partial charge in [-0.2, -0.15) is 5.10 Å². The van der Waals surface area contributed by atoms with Gasteiger partial charge in [-0.15, -0.1) is 0 Å². The van der Waals surface area contributed by atoms with E-state index in [4.69, 9.17) is 4.74 Å². The first-order valence-corrected chi connectivity index (χ1v) is 8.94. The Morgan fingerprint density at radius 1 is 1.35 bits per heavy atom. The van der Waals surface area contributed by atoms with E-state index in [1.54, 1.807) is 18.9 Å². The molecule has 1 aliphatic rings. The van der Waals surface area contributed by atoms with Crippen LogP contribution in [0.3, 0.4) is 0 Å². The fourth-order valence-electron chi connectivity index (χ4n) is 3.30. The van der Waals surface area contributed by atoms with Crippen molar-refractivity contribution in [1.29, 1.82) is 0 Å². The molecule has 0 bridgehead atoms. The largest absolute Gasteiger partial charge is 0.496 e. The van der Waals surface area contributed by atoms with Crippen LogP contribution in [-0.2, 0) is 6.54 Å². The third-order valence-electron chi connectivity index (χ3n) is 4.65. The van der Waals surface area contributed by atoms with Crippen LogP contribution in [0.15, 0.2) is 34.2 Å². The highest BCUT2D eigenvalue weighted by Crippen LogP contribution is 2.20. The molecule has 1 aromatic heterocycles. The lowest BCUT2D eigenvalue weighted by Crippen LogP contribution is -3.08. The molecule has 1 fully saturated rings. The monoisotopic (exact) mass is 356 g/mol. The SMILES string of the molecule is COc1ccc(/C(C)=N\Nc2nc(C)cc(=O)[nH]2)cc1C[NH+]1CCCC1. The van der Waals surface area contributed by atoms with Gasteiger partial charge in [-0.25, -0.2) is 10.4 Å². The van der Waals surface area contributed by atoms with Crippen LogP contribution in [0.1, 0.15) is 36.6 Å². The average molecular weight is 356 g/mol. The highest BCUT2D eigenvalue weighted by atomic mass is 16.5. The fourth-order valence-corrected chi connectivity index (χ4v) is 3.30. The molecule has 138 valence electrons.